The fourth-order valence-electron chi connectivity index (χ4n) is 2.71. The van der Waals surface area contributed by atoms with Gasteiger partial charge in [-0.25, -0.2) is 0 Å². The summed E-state index contributed by atoms with van der Waals surface area (Å²) in [4.78, 5) is 1.98. The van der Waals surface area contributed by atoms with Crippen molar-refractivity contribution in [2.24, 2.45) is 0 Å². The number of aromatic nitrogens is 3. The van der Waals surface area contributed by atoms with Crippen molar-refractivity contribution in [3.8, 4) is 16.5 Å². The fourth-order valence-corrected chi connectivity index (χ4v) is 3.55. The molecule has 7 nitrogen and oxygen atoms in total. The summed E-state index contributed by atoms with van der Waals surface area (Å²) < 4.78 is 51.8. The molecule has 3 aromatic rings. The van der Waals surface area contributed by atoms with Gasteiger partial charge in [0, 0.05) is 12.6 Å². The molecule has 11 heteroatoms. The Hall–Kier alpha value is -2.66. The average molecular weight is 398 g/mol. The molecule has 0 aliphatic carbocycles. The van der Waals surface area contributed by atoms with Crippen molar-refractivity contribution < 1.29 is 27.2 Å². The monoisotopic (exact) mass is 398 g/mol. The van der Waals surface area contributed by atoms with Crippen LogP contribution in [-0.2, 0) is 4.74 Å². The summed E-state index contributed by atoms with van der Waals surface area (Å²) in [5, 5.41) is 13.4. The van der Waals surface area contributed by atoms with Crippen molar-refractivity contribution in [1.29, 1.82) is 0 Å². The van der Waals surface area contributed by atoms with Gasteiger partial charge in [0.25, 0.3) is 0 Å². The molecule has 142 valence electrons. The number of ether oxygens (including phenoxy) is 2. The second-order valence-corrected chi connectivity index (χ2v) is 6.66. The van der Waals surface area contributed by atoms with Crippen molar-refractivity contribution in [2.45, 2.75) is 12.5 Å². The summed E-state index contributed by atoms with van der Waals surface area (Å²) in [5.74, 6) is -0.273. The molecule has 0 bridgehead atoms. The lowest BCUT2D eigenvalue weighted by molar-refractivity contribution is -0.274. The van der Waals surface area contributed by atoms with E-state index >= 15 is 0 Å². The molecule has 2 aromatic heterocycles. The molecular weight excluding hydrogens is 385 g/mol. The van der Waals surface area contributed by atoms with Crippen LogP contribution >= 0.6 is 11.3 Å². The summed E-state index contributed by atoms with van der Waals surface area (Å²) in [7, 11) is 0. The molecular formula is C16H13F3N4O3S. The summed E-state index contributed by atoms with van der Waals surface area (Å²) >= 11 is 1.36. The Morgan fingerprint density at radius 3 is 2.89 bits per heavy atom. The van der Waals surface area contributed by atoms with Gasteiger partial charge < -0.3 is 18.9 Å². The van der Waals surface area contributed by atoms with Gasteiger partial charge in [-0.3, -0.25) is 0 Å². The second kappa shape index (κ2) is 7.16. The van der Waals surface area contributed by atoms with E-state index in [4.69, 9.17) is 9.26 Å². The van der Waals surface area contributed by atoms with E-state index < -0.39 is 12.5 Å². The largest absolute Gasteiger partial charge is 0.573 e. The molecule has 0 saturated carbocycles. The Labute approximate surface area is 155 Å². The van der Waals surface area contributed by atoms with Crippen LogP contribution in [0.2, 0.25) is 0 Å². The molecule has 1 aliphatic heterocycles. The molecule has 0 spiro atoms. The van der Waals surface area contributed by atoms with Gasteiger partial charge >= 0.3 is 6.36 Å². The van der Waals surface area contributed by atoms with Crippen LogP contribution in [0.4, 0.5) is 18.3 Å². The maximum Gasteiger partial charge on any atom is 0.573 e. The number of rotatable bonds is 4. The van der Waals surface area contributed by atoms with Crippen molar-refractivity contribution in [3.05, 3.63) is 42.2 Å². The number of halogens is 3. The van der Waals surface area contributed by atoms with Crippen LogP contribution in [0.5, 0.6) is 5.75 Å². The van der Waals surface area contributed by atoms with E-state index in [1.165, 1.54) is 35.8 Å². The molecule has 1 unspecified atom stereocenters. The van der Waals surface area contributed by atoms with E-state index in [0.717, 1.165) is 0 Å². The predicted octanol–water partition coefficient (Wildman–Crippen LogP) is 3.67. The smallest absolute Gasteiger partial charge is 0.406 e. The topological polar surface area (TPSA) is 73.5 Å². The highest BCUT2D eigenvalue weighted by Gasteiger charge is 2.32. The van der Waals surface area contributed by atoms with Crippen molar-refractivity contribution in [2.75, 3.05) is 24.6 Å². The number of benzene rings is 1. The second-order valence-electron chi connectivity index (χ2n) is 5.70. The molecule has 1 saturated heterocycles. The van der Waals surface area contributed by atoms with E-state index in [1.54, 1.807) is 12.1 Å². The lowest BCUT2D eigenvalue weighted by Crippen LogP contribution is -2.38. The first-order valence-corrected chi connectivity index (χ1v) is 8.76. The third kappa shape index (κ3) is 4.19. The van der Waals surface area contributed by atoms with E-state index in [1.807, 2.05) is 4.90 Å². The summed E-state index contributed by atoms with van der Waals surface area (Å²) in [6.07, 6.45) is -3.69. The minimum atomic E-state index is -4.73. The van der Waals surface area contributed by atoms with Gasteiger partial charge in [-0.05, 0) is 17.7 Å². The minimum Gasteiger partial charge on any atom is -0.406 e. The van der Waals surface area contributed by atoms with Crippen LogP contribution in [-0.4, -0.2) is 41.4 Å². The van der Waals surface area contributed by atoms with Crippen molar-refractivity contribution in [3.63, 3.8) is 0 Å². The van der Waals surface area contributed by atoms with Gasteiger partial charge in [-0.15, -0.1) is 23.4 Å². The average Bonchev–Trinajstić information content (AvgIpc) is 3.32. The van der Waals surface area contributed by atoms with Crippen LogP contribution in [0.1, 0.15) is 11.7 Å². The molecule has 1 aromatic carbocycles. The maximum atomic E-state index is 12.4. The Morgan fingerprint density at radius 1 is 1.22 bits per heavy atom. The first kappa shape index (κ1) is 17.7. The summed E-state index contributed by atoms with van der Waals surface area (Å²) in [5.41, 5.74) is 1.20. The van der Waals surface area contributed by atoms with Gasteiger partial charge in [0.1, 0.15) is 23.8 Å². The molecule has 1 fully saturated rings. The summed E-state index contributed by atoms with van der Waals surface area (Å²) in [6.45, 7) is 1.44. The molecule has 3 heterocycles. The van der Waals surface area contributed by atoms with Crippen LogP contribution in [0.15, 0.2) is 41.1 Å². The molecule has 0 amide bonds. The minimum absolute atomic E-state index is 0.273. The summed E-state index contributed by atoms with van der Waals surface area (Å²) in [6, 6.07) is 7.50. The van der Waals surface area contributed by atoms with Crippen LogP contribution in [0, 0.1) is 0 Å². The number of nitrogens with zero attached hydrogens (tertiary/aromatic N) is 4. The number of anilines is 1. The third-order valence-corrected chi connectivity index (χ3v) is 4.88. The molecule has 1 aliphatic rings. The van der Waals surface area contributed by atoms with Gasteiger partial charge in [0.15, 0.2) is 5.01 Å². The zero-order valence-electron chi connectivity index (χ0n) is 13.7. The van der Waals surface area contributed by atoms with Crippen LogP contribution < -0.4 is 9.64 Å². The zero-order chi connectivity index (χ0) is 18.9. The van der Waals surface area contributed by atoms with Crippen molar-refractivity contribution in [1.82, 2.24) is 15.4 Å². The molecule has 27 heavy (non-hydrogen) atoms. The lowest BCUT2D eigenvalue weighted by atomic mass is 10.1. The predicted molar refractivity (Wildman–Crippen MR) is 89.4 cm³/mol. The van der Waals surface area contributed by atoms with Crippen LogP contribution in [0.3, 0.4) is 0 Å². The first-order valence-electron chi connectivity index (χ1n) is 7.94. The van der Waals surface area contributed by atoms with E-state index in [2.05, 4.69) is 20.1 Å². The maximum absolute atomic E-state index is 12.4. The SMILES string of the molecule is FC(F)(F)Oc1cccc(C2CN(c3nnc(-c4ccon4)s3)CCO2)c1. The van der Waals surface area contributed by atoms with Crippen LogP contribution in [0.25, 0.3) is 10.7 Å². The highest BCUT2D eigenvalue weighted by atomic mass is 32.1. The molecule has 4 rings (SSSR count). The molecule has 1 atom stereocenters. The molecule has 0 N–H and O–H groups in total. The number of hydrogen-bond acceptors (Lipinski definition) is 8. The van der Waals surface area contributed by atoms with Crippen molar-refractivity contribution >= 4 is 16.5 Å². The highest BCUT2D eigenvalue weighted by molar-refractivity contribution is 7.18. The molecule has 0 radical (unpaired) electrons. The van der Waals surface area contributed by atoms with E-state index in [-0.39, 0.29) is 5.75 Å². The van der Waals surface area contributed by atoms with Gasteiger partial charge in [-0.2, -0.15) is 0 Å². The number of hydrogen-bond donors (Lipinski definition) is 0. The Morgan fingerprint density at radius 2 is 2.11 bits per heavy atom. The quantitative estimate of drug-likeness (QED) is 0.664. The van der Waals surface area contributed by atoms with E-state index in [0.29, 0.717) is 41.1 Å². The zero-order valence-corrected chi connectivity index (χ0v) is 14.5. The number of alkyl halides is 3. The first-order chi connectivity index (χ1) is 13.0. The Balaban J connectivity index is 1.49. The van der Waals surface area contributed by atoms with Gasteiger partial charge in [0.2, 0.25) is 5.13 Å². The number of morpholine rings is 1. The Bertz CT molecular complexity index is 900. The van der Waals surface area contributed by atoms with E-state index in [9.17, 15) is 13.2 Å². The lowest BCUT2D eigenvalue weighted by Gasteiger charge is -2.32. The standard InChI is InChI=1S/C16H13F3N4O3S/c17-16(18,19)26-11-3-1-2-10(8-11)13-9-23(5-7-24-13)15-21-20-14(27-15)12-4-6-25-22-12/h1-4,6,8,13H,5,7,9H2. The Kier molecular flexibility index (Phi) is 4.70. The normalized spacial score (nSPS) is 17.9. The van der Waals surface area contributed by atoms with Gasteiger partial charge in [-0.1, -0.05) is 28.6 Å². The third-order valence-electron chi connectivity index (χ3n) is 3.87. The van der Waals surface area contributed by atoms with Gasteiger partial charge in [0.05, 0.1) is 13.2 Å². The fraction of sp³-hybridized carbons (Fsp3) is 0.312. The highest BCUT2D eigenvalue weighted by Crippen LogP contribution is 2.33.